The lowest BCUT2D eigenvalue weighted by atomic mass is 9.93. The molecule has 3 N–H and O–H groups in total. The molecular weight excluding hydrogens is 184 g/mol. The first kappa shape index (κ1) is 10.4. The second kappa shape index (κ2) is 3.62. The number of carbonyl (C=O) groups is 1. The van der Waals surface area contributed by atoms with Crippen LogP contribution < -0.4 is 11.1 Å². The second-order valence-corrected chi connectivity index (χ2v) is 4.68. The maximum Gasteiger partial charge on any atom is 0.223 e. The highest BCUT2D eigenvalue weighted by Crippen LogP contribution is 2.29. The van der Waals surface area contributed by atoms with E-state index >= 15 is 0 Å². The van der Waals surface area contributed by atoms with Crippen LogP contribution in [-0.2, 0) is 4.79 Å². The molecule has 1 aliphatic carbocycles. The van der Waals surface area contributed by atoms with Gasteiger partial charge in [0.05, 0.1) is 4.99 Å². The summed E-state index contributed by atoms with van der Waals surface area (Å²) in [5, 5.41) is 2.86. The molecule has 3 nitrogen and oxygen atoms in total. The quantitative estimate of drug-likeness (QED) is 0.661. The molecular formula is C9H16N2OS. The molecule has 1 saturated carbocycles. The number of amides is 1. The number of thiocarbonyl (C=S) groups is 1. The van der Waals surface area contributed by atoms with E-state index in [2.05, 4.69) is 5.32 Å². The van der Waals surface area contributed by atoms with Crippen LogP contribution in [-0.4, -0.2) is 17.4 Å². The summed E-state index contributed by atoms with van der Waals surface area (Å²) >= 11 is 4.89. The van der Waals surface area contributed by atoms with E-state index in [0.29, 0.717) is 11.5 Å². The van der Waals surface area contributed by atoms with Gasteiger partial charge in [0, 0.05) is 17.9 Å². The summed E-state index contributed by atoms with van der Waals surface area (Å²) in [5.74, 6) is 0.395. The van der Waals surface area contributed by atoms with Gasteiger partial charge in [0.2, 0.25) is 5.91 Å². The molecule has 0 heterocycles. The fourth-order valence-corrected chi connectivity index (χ4v) is 0.957. The van der Waals surface area contributed by atoms with Gasteiger partial charge in [-0.1, -0.05) is 26.1 Å². The fraction of sp³-hybridized carbons (Fsp3) is 0.778. The summed E-state index contributed by atoms with van der Waals surface area (Å²) in [6.07, 6.45) is 2.05. The average Bonchev–Trinajstić information content (AvgIpc) is 2.82. The Hall–Kier alpha value is -0.640. The van der Waals surface area contributed by atoms with E-state index in [1.165, 1.54) is 0 Å². The lowest BCUT2D eigenvalue weighted by Crippen LogP contribution is -2.41. The van der Waals surface area contributed by atoms with Crippen LogP contribution in [0, 0.1) is 11.3 Å². The summed E-state index contributed by atoms with van der Waals surface area (Å²) in [7, 11) is 0. The van der Waals surface area contributed by atoms with Crippen molar-refractivity contribution in [3.8, 4) is 0 Å². The van der Waals surface area contributed by atoms with Crippen LogP contribution in [0.25, 0.3) is 0 Å². The lowest BCUT2D eigenvalue weighted by Gasteiger charge is -2.23. The Morgan fingerprint density at radius 2 is 2.15 bits per heavy atom. The highest BCUT2D eigenvalue weighted by molar-refractivity contribution is 7.80. The molecule has 13 heavy (non-hydrogen) atoms. The van der Waals surface area contributed by atoms with Crippen LogP contribution >= 0.6 is 12.2 Å². The average molecular weight is 200 g/mol. The minimum Gasteiger partial charge on any atom is -0.393 e. The van der Waals surface area contributed by atoms with E-state index < -0.39 is 0 Å². The zero-order valence-electron chi connectivity index (χ0n) is 8.09. The highest BCUT2D eigenvalue weighted by atomic mass is 32.1. The number of nitrogens with one attached hydrogen (secondary N) is 1. The molecule has 1 aliphatic rings. The first-order valence-corrected chi connectivity index (χ1v) is 4.92. The highest BCUT2D eigenvalue weighted by Gasteiger charge is 2.31. The van der Waals surface area contributed by atoms with Gasteiger partial charge >= 0.3 is 0 Å². The van der Waals surface area contributed by atoms with Crippen molar-refractivity contribution in [2.75, 3.05) is 6.54 Å². The Morgan fingerprint density at radius 3 is 2.54 bits per heavy atom. The molecule has 0 spiro atoms. The van der Waals surface area contributed by atoms with Crippen LogP contribution in [0.15, 0.2) is 0 Å². The number of carbonyl (C=O) groups excluding carboxylic acids is 1. The number of hydrogen-bond donors (Lipinski definition) is 2. The van der Waals surface area contributed by atoms with Gasteiger partial charge in [0.25, 0.3) is 0 Å². The molecule has 0 aliphatic heterocycles. The third-order valence-corrected chi connectivity index (χ3v) is 2.87. The minimum atomic E-state index is -0.278. The second-order valence-electron chi connectivity index (χ2n) is 4.24. The SMILES string of the molecule is CC(C)(CNC(=O)C1CC1)C(N)=S. The molecule has 0 bridgehead atoms. The van der Waals surface area contributed by atoms with Gasteiger partial charge in [-0.15, -0.1) is 0 Å². The van der Waals surface area contributed by atoms with Crippen LogP contribution in [0.2, 0.25) is 0 Å². The van der Waals surface area contributed by atoms with E-state index in [1.54, 1.807) is 0 Å². The molecule has 0 unspecified atom stereocenters. The topological polar surface area (TPSA) is 55.1 Å². The van der Waals surface area contributed by atoms with Crippen molar-refractivity contribution in [1.82, 2.24) is 5.32 Å². The van der Waals surface area contributed by atoms with Crippen LogP contribution in [0.1, 0.15) is 26.7 Å². The Labute approximate surface area is 84.1 Å². The molecule has 1 fully saturated rings. The monoisotopic (exact) mass is 200 g/mol. The van der Waals surface area contributed by atoms with Gasteiger partial charge < -0.3 is 11.1 Å². The molecule has 1 amide bonds. The zero-order chi connectivity index (χ0) is 10.1. The maximum atomic E-state index is 11.3. The van der Waals surface area contributed by atoms with Crippen molar-refractivity contribution in [2.24, 2.45) is 17.1 Å². The normalized spacial score (nSPS) is 16.8. The molecule has 0 radical (unpaired) electrons. The van der Waals surface area contributed by atoms with Gasteiger partial charge in [-0.05, 0) is 12.8 Å². The van der Waals surface area contributed by atoms with E-state index in [4.69, 9.17) is 18.0 Å². The zero-order valence-corrected chi connectivity index (χ0v) is 8.91. The Kier molecular flexibility index (Phi) is 2.91. The van der Waals surface area contributed by atoms with Crippen molar-refractivity contribution < 1.29 is 4.79 Å². The molecule has 0 atom stereocenters. The molecule has 0 aromatic carbocycles. The first-order chi connectivity index (χ1) is 5.93. The van der Waals surface area contributed by atoms with Crippen molar-refractivity contribution in [1.29, 1.82) is 0 Å². The van der Waals surface area contributed by atoms with Gasteiger partial charge in [-0.3, -0.25) is 4.79 Å². The fourth-order valence-electron chi connectivity index (χ4n) is 0.885. The maximum absolute atomic E-state index is 11.3. The molecule has 74 valence electrons. The van der Waals surface area contributed by atoms with Crippen molar-refractivity contribution in [3.05, 3.63) is 0 Å². The first-order valence-electron chi connectivity index (χ1n) is 4.51. The van der Waals surface area contributed by atoms with Crippen LogP contribution in [0.4, 0.5) is 0 Å². The van der Waals surface area contributed by atoms with Crippen LogP contribution in [0.3, 0.4) is 0 Å². The van der Waals surface area contributed by atoms with Gasteiger partial charge in [0.1, 0.15) is 0 Å². The minimum absolute atomic E-state index is 0.143. The smallest absolute Gasteiger partial charge is 0.223 e. The van der Waals surface area contributed by atoms with Crippen molar-refractivity contribution in [2.45, 2.75) is 26.7 Å². The molecule has 1 rings (SSSR count). The summed E-state index contributed by atoms with van der Waals surface area (Å²) in [6, 6.07) is 0. The number of rotatable bonds is 4. The van der Waals surface area contributed by atoms with Gasteiger partial charge in [-0.2, -0.15) is 0 Å². The molecule has 4 heteroatoms. The lowest BCUT2D eigenvalue weighted by molar-refractivity contribution is -0.122. The predicted octanol–water partition coefficient (Wildman–Crippen LogP) is 0.825. The van der Waals surface area contributed by atoms with E-state index in [9.17, 15) is 4.79 Å². The van der Waals surface area contributed by atoms with Gasteiger partial charge in [-0.25, -0.2) is 0 Å². The number of nitrogens with two attached hydrogens (primary N) is 1. The van der Waals surface area contributed by atoms with Crippen molar-refractivity contribution in [3.63, 3.8) is 0 Å². The Balaban J connectivity index is 2.31. The molecule has 0 aromatic heterocycles. The largest absolute Gasteiger partial charge is 0.393 e. The summed E-state index contributed by atoms with van der Waals surface area (Å²) in [5.41, 5.74) is 5.25. The third-order valence-electron chi connectivity index (χ3n) is 2.32. The van der Waals surface area contributed by atoms with E-state index in [1.807, 2.05) is 13.8 Å². The van der Waals surface area contributed by atoms with E-state index in [0.717, 1.165) is 12.8 Å². The standard InChI is InChI=1S/C9H16N2OS/c1-9(2,8(10)13)5-11-7(12)6-3-4-6/h6H,3-5H2,1-2H3,(H2,10,13)(H,11,12). The number of hydrogen-bond acceptors (Lipinski definition) is 2. The van der Waals surface area contributed by atoms with Crippen molar-refractivity contribution >= 4 is 23.1 Å². The summed E-state index contributed by atoms with van der Waals surface area (Å²) in [4.78, 5) is 11.7. The summed E-state index contributed by atoms with van der Waals surface area (Å²) in [6.45, 7) is 4.41. The van der Waals surface area contributed by atoms with Gasteiger partial charge in [0.15, 0.2) is 0 Å². The Bertz CT molecular complexity index is 234. The third kappa shape index (κ3) is 2.95. The predicted molar refractivity (Wildman–Crippen MR) is 56.3 cm³/mol. The summed E-state index contributed by atoms with van der Waals surface area (Å²) < 4.78 is 0. The molecule has 0 saturated heterocycles. The van der Waals surface area contributed by atoms with E-state index in [-0.39, 0.29) is 17.2 Å². The Morgan fingerprint density at radius 1 is 1.62 bits per heavy atom. The van der Waals surface area contributed by atoms with Crippen LogP contribution in [0.5, 0.6) is 0 Å². The molecule has 0 aromatic rings.